The second kappa shape index (κ2) is 11.3. The Morgan fingerprint density at radius 2 is 1.84 bits per heavy atom. The Balaban J connectivity index is 1.28. The zero-order chi connectivity index (χ0) is 22.2. The number of hydrogen-bond donors (Lipinski definition) is 2. The van der Waals surface area contributed by atoms with Gasteiger partial charge in [-0.05, 0) is 43.2 Å². The van der Waals surface area contributed by atoms with E-state index in [1.54, 1.807) is 0 Å². The quantitative estimate of drug-likeness (QED) is 0.522. The van der Waals surface area contributed by atoms with Gasteiger partial charge < -0.3 is 20.3 Å². The molecule has 0 aromatic carbocycles. The number of aliphatic imine (C=N–C) groups is 1. The van der Waals surface area contributed by atoms with E-state index in [4.69, 9.17) is 9.72 Å². The molecule has 0 bridgehead atoms. The molecule has 3 fully saturated rings. The molecule has 0 spiro atoms. The summed E-state index contributed by atoms with van der Waals surface area (Å²) in [4.78, 5) is 14.3. The molecule has 3 heterocycles. The van der Waals surface area contributed by atoms with E-state index in [2.05, 4.69) is 44.5 Å². The maximum atomic E-state index is 5.61. The molecule has 1 aromatic rings. The highest BCUT2D eigenvalue weighted by molar-refractivity contribution is 5.79. The van der Waals surface area contributed by atoms with Gasteiger partial charge in [0, 0.05) is 58.1 Å². The fourth-order valence-electron chi connectivity index (χ4n) is 5.45. The molecule has 2 aliphatic heterocycles. The van der Waals surface area contributed by atoms with E-state index >= 15 is 0 Å². The van der Waals surface area contributed by atoms with Crippen LogP contribution in [0.4, 0.5) is 5.82 Å². The van der Waals surface area contributed by atoms with Crippen molar-refractivity contribution in [2.75, 3.05) is 57.9 Å². The summed E-state index contributed by atoms with van der Waals surface area (Å²) in [5, 5.41) is 7.13. The van der Waals surface area contributed by atoms with Crippen LogP contribution in [0.25, 0.3) is 0 Å². The lowest BCUT2D eigenvalue weighted by atomic mass is 9.80. The Hall–Kier alpha value is -1.86. The summed E-state index contributed by atoms with van der Waals surface area (Å²) in [6, 6.07) is 4.36. The van der Waals surface area contributed by atoms with Crippen LogP contribution in [-0.2, 0) is 11.3 Å². The minimum absolute atomic E-state index is 0.231. The number of morpholine rings is 1. The molecule has 1 saturated carbocycles. The Bertz CT molecular complexity index is 716. The third-order valence-electron chi connectivity index (χ3n) is 7.65. The summed E-state index contributed by atoms with van der Waals surface area (Å²) < 4.78 is 5.61. The number of rotatable bonds is 6. The summed E-state index contributed by atoms with van der Waals surface area (Å²) >= 11 is 0. The molecule has 0 atom stereocenters. The normalized spacial score (nSPS) is 23.2. The van der Waals surface area contributed by atoms with Crippen LogP contribution in [0.5, 0.6) is 0 Å². The summed E-state index contributed by atoms with van der Waals surface area (Å²) in [6.07, 6.45) is 11.0. The van der Waals surface area contributed by atoms with Crippen molar-refractivity contribution in [1.82, 2.24) is 20.5 Å². The van der Waals surface area contributed by atoms with Crippen LogP contribution in [0.2, 0.25) is 0 Å². The van der Waals surface area contributed by atoms with Crippen molar-refractivity contribution in [2.24, 2.45) is 10.9 Å². The Morgan fingerprint density at radius 3 is 2.50 bits per heavy atom. The maximum Gasteiger partial charge on any atom is 0.191 e. The molecule has 2 saturated heterocycles. The Labute approximate surface area is 194 Å². The lowest BCUT2D eigenvalue weighted by Gasteiger charge is -2.48. The number of anilines is 1. The van der Waals surface area contributed by atoms with E-state index in [0.717, 1.165) is 70.2 Å². The van der Waals surface area contributed by atoms with Crippen molar-refractivity contribution in [3.8, 4) is 0 Å². The first-order valence-corrected chi connectivity index (χ1v) is 12.7. The minimum atomic E-state index is 0.231. The molecular formula is C25H42N6O. The number of pyridine rings is 1. The number of nitrogens with zero attached hydrogens (tertiary/aromatic N) is 4. The van der Waals surface area contributed by atoms with Crippen molar-refractivity contribution >= 4 is 11.8 Å². The van der Waals surface area contributed by atoms with Crippen molar-refractivity contribution < 1.29 is 4.74 Å². The Kier molecular flexibility index (Phi) is 8.25. The van der Waals surface area contributed by atoms with Gasteiger partial charge in [0.15, 0.2) is 5.96 Å². The average Bonchev–Trinajstić information content (AvgIpc) is 2.86. The van der Waals surface area contributed by atoms with Crippen LogP contribution in [0.3, 0.4) is 0 Å². The van der Waals surface area contributed by atoms with Crippen LogP contribution < -0.4 is 15.5 Å². The van der Waals surface area contributed by atoms with Crippen LogP contribution in [-0.4, -0.2) is 74.4 Å². The van der Waals surface area contributed by atoms with Gasteiger partial charge in [-0.3, -0.25) is 9.89 Å². The minimum Gasteiger partial charge on any atom is -0.379 e. The van der Waals surface area contributed by atoms with Gasteiger partial charge in [-0.1, -0.05) is 32.3 Å². The van der Waals surface area contributed by atoms with Gasteiger partial charge in [0.1, 0.15) is 5.82 Å². The van der Waals surface area contributed by atoms with E-state index in [-0.39, 0.29) is 5.54 Å². The fourth-order valence-corrected chi connectivity index (χ4v) is 5.45. The van der Waals surface area contributed by atoms with Gasteiger partial charge in [0.05, 0.1) is 13.2 Å². The predicted molar refractivity (Wildman–Crippen MR) is 131 cm³/mol. The third kappa shape index (κ3) is 5.93. The summed E-state index contributed by atoms with van der Waals surface area (Å²) in [5.41, 5.74) is 1.41. The molecule has 1 aromatic heterocycles. The van der Waals surface area contributed by atoms with Crippen molar-refractivity contribution in [3.05, 3.63) is 23.9 Å². The summed E-state index contributed by atoms with van der Waals surface area (Å²) in [6.45, 7) is 10.1. The lowest BCUT2D eigenvalue weighted by molar-refractivity contribution is -0.0352. The summed E-state index contributed by atoms with van der Waals surface area (Å²) in [5.74, 6) is 2.81. The molecule has 1 aliphatic carbocycles. The molecule has 2 N–H and O–H groups in total. The van der Waals surface area contributed by atoms with Crippen LogP contribution in [0.15, 0.2) is 23.3 Å². The van der Waals surface area contributed by atoms with Crippen molar-refractivity contribution in [3.63, 3.8) is 0 Å². The largest absolute Gasteiger partial charge is 0.379 e. The lowest BCUT2D eigenvalue weighted by Crippen LogP contribution is -2.60. The van der Waals surface area contributed by atoms with Gasteiger partial charge in [0.25, 0.3) is 0 Å². The standard InChI is InChI=1S/C25H42N6O/c1-21-8-12-30(13-9-21)23-7-6-22(18-27-23)19-28-24(26-2)29-20-25(10-4-3-5-11-25)31-14-16-32-17-15-31/h6-7,18,21H,3-5,8-17,19-20H2,1-2H3,(H2,26,28,29). The van der Waals surface area contributed by atoms with E-state index in [1.165, 1.54) is 50.5 Å². The SMILES string of the molecule is CN=C(NCc1ccc(N2CCC(C)CC2)nc1)NCC1(N2CCOCC2)CCCCC1. The van der Waals surface area contributed by atoms with Gasteiger partial charge in [-0.15, -0.1) is 0 Å². The van der Waals surface area contributed by atoms with Gasteiger partial charge in [-0.25, -0.2) is 4.98 Å². The molecule has 0 unspecified atom stereocenters. The zero-order valence-corrected chi connectivity index (χ0v) is 20.1. The highest BCUT2D eigenvalue weighted by Gasteiger charge is 2.38. The molecule has 3 aliphatic rings. The molecule has 32 heavy (non-hydrogen) atoms. The molecular weight excluding hydrogens is 400 g/mol. The smallest absolute Gasteiger partial charge is 0.191 e. The molecule has 178 valence electrons. The maximum absolute atomic E-state index is 5.61. The first kappa shape index (κ1) is 23.3. The highest BCUT2D eigenvalue weighted by Crippen LogP contribution is 2.33. The van der Waals surface area contributed by atoms with E-state index in [1.807, 2.05) is 13.2 Å². The van der Waals surface area contributed by atoms with Gasteiger partial charge in [-0.2, -0.15) is 0 Å². The predicted octanol–water partition coefficient (Wildman–Crippen LogP) is 3.02. The molecule has 0 radical (unpaired) electrons. The molecule has 7 nitrogen and oxygen atoms in total. The number of ether oxygens (including phenoxy) is 1. The summed E-state index contributed by atoms with van der Waals surface area (Å²) in [7, 11) is 1.86. The van der Waals surface area contributed by atoms with Crippen LogP contribution in [0, 0.1) is 5.92 Å². The van der Waals surface area contributed by atoms with Crippen LogP contribution in [0.1, 0.15) is 57.4 Å². The van der Waals surface area contributed by atoms with Crippen molar-refractivity contribution in [2.45, 2.75) is 64.0 Å². The molecule has 7 heteroatoms. The second-order valence-corrected chi connectivity index (χ2v) is 9.86. The van der Waals surface area contributed by atoms with E-state index in [9.17, 15) is 0 Å². The van der Waals surface area contributed by atoms with Gasteiger partial charge in [0.2, 0.25) is 0 Å². The Morgan fingerprint density at radius 1 is 1.09 bits per heavy atom. The van der Waals surface area contributed by atoms with Gasteiger partial charge >= 0.3 is 0 Å². The van der Waals surface area contributed by atoms with Crippen molar-refractivity contribution in [1.29, 1.82) is 0 Å². The molecule has 4 rings (SSSR count). The third-order valence-corrected chi connectivity index (χ3v) is 7.65. The number of guanidine groups is 1. The number of aromatic nitrogens is 1. The average molecular weight is 443 g/mol. The number of hydrogen-bond acceptors (Lipinski definition) is 5. The number of nitrogens with one attached hydrogen (secondary N) is 2. The van der Waals surface area contributed by atoms with Crippen LogP contribution >= 0.6 is 0 Å². The highest BCUT2D eigenvalue weighted by atomic mass is 16.5. The zero-order valence-electron chi connectivity index (χ0n) is 20.1. The fraction of sp³-hybridized carbons (Fsp3) is 0.760. The number of piperidine rings is 1. The monoisotopic (exact) mass is 442 g/mol. The topological polar surface area (TPSA) is 65.0 Å². The first-order valence-electron chi connectivity index (χ1n) is 12.7. The molecule has 0 amide bonds. The van der Waals surface area contributed by atoms with E-state index in [0.29, 0.717) is 0 Å². The van der Waals surface area contributed by atoms with E-state index < -0.39 is 0 Å². The first-order chi connectivity index (χ1) is 15.7. The second-order valence-electron chi connectivity index (χ2n) is 9.86.